The van der Waals surface area contributed by atoms with Gasteiger partial charge in [0.1, 0.15) is 31.8 Å². The van der Waals surface area contributed by atoms with Crippen LogP contribution in [0.15, 0.2) is 65.5 Å². The lowest BCUT2D eigenvalue weighted by Crippen LogP contribution is -2.37. The summed E-state index contributed by atoms with van der Waals surface area (Å²) in [6.07, 6.45) is 8.52. The number of anilines is 2. The van der Waals surface area contributed by atoms with Crippen molar-refractivity contribution in [3.05, 3.63) is 87.9 Å². The Morgan fingerprint density at radius 2 is 2.10 bits per heavy atom. The smallest absolute Gasteiger partial charge is 0.213 e. The van der Waals surface area contributed by atoms with Crippen molar-refractivity contribution < 1.29 is 13.9 Å². The Hall–Kier alpha value is -4.54. The van der Waals surface area contributed by atoms with E-state index in [1.165, 1.54) is 6.07 Å². The van der Waals surface area contributed by atoms with E-state index < -0.39 is 5.82 Å². The van der Waals surface area contributed by atoms with Crippen molar-refractivity contribution in [1.29, 1.82) is 0 Å². The monoisotopic (exact) mass is 566 g/mol. The van der Waals surface area contributed by atoms with E-state index in [4.69, 9.17) is 17.3 Å². The Kier molecular flexibility index (Phi) is 7.49. The number of methoxy groups -OCH3 is 1. The molecule has 2 aliphatic rings. The summed E-state index contributed by atoms with van der Waals surface area (Å²) in [5.74, 6) is 0.904. The predicted molar refractivity (Wildman–Crippen MR) is 162 cm³/mol. The summed E-state index contributed by atoms with van der Waals surface area (Å²) in [4.78, 5) is 27.1. The van der Waals surface area contributed by atoms with Crippen LogP contribution in [0.2, 0.25) is 0 Å². The number of halogens is 1. The van der Waals surface area contributed by atoms with E-state index in [1.54, 1.807) is 13.3 Å². The van der Waals surface area contributed by atoms with E-state index >= 15 is 0 Å². The Bertz CT molecular complexity index is 1730. The molecule has 11 heteroatoms. The molecular formula is C31H32BFN6O3. The third-order valence-electron chi connectivity index (χ3n) is 7.93. The molecule has 3 aromatic heterocycles. The second-order valence-electron chi connectivity index (χ2n) is 10.7. The quantitative estimate of drug-likeness (QED) is 0.325. The summed E-state index contributed by atoms with van der Waals surface area (Å²) >= 11 is 0. The van der Waals surface area contributed by atoms with Gasteiger partial charge in [-0.05, 0) is 48.6 Å². The molecule has 0 spiro atoms. The van der Waals surface area contributed by atoms with Gasteiger partial charge in [-0.3, -0.25) is 4.79 Å². The number of hydrogen-bond donors (Lipinski definition) is 1. The Morgan fingerprint density at radius 1 is 1.24 bits per heavy atom. The van der Waals surface area contributed by atoms with E-state index in [0.29, 0.717) is 43.2 Å². The Labute approximate surface area is 245 Å². The van der Waals surface area contributed by atoms with Gasteiger partial charge in [-0.2, -0.15) is 0 Å². The lowest BCUT2D eigenvalue weighted by Gasteiger charge is -2.36. The molecule has 0 aliphatic carbocycles. The molecule has 1 aromatic carbocycles. The van der Waals surface area contributed by atoms with Crippen molar-refractivity contribution in [2.45, 2.75) is 32.5 Å². The van der Waals surface area contributed by atoms with Crippen LogP contribution in [0.5, 0.6) is 11.6 Å². The fraction of sp³-hybridized carbons (Fsp3) is 0.323. The van der Waals surface area contributed by atoms with Gasteiger partial charge in [-0.1, -0.05) is 6.08 Å². The number of pyridine rings is 3. The number of nitrogens with zero attached hydrogens (tertiary/aromatic N) is 5. The normalized spacial score (nSPS) is 16.1. The van der Waals surface area contributed by atoms with Crippen molar-refractivity contribution in [2.24, 2.45) is 0 Å². The maximum absolute atomic E-state index is 14.8. The first-order valence-corrected chi connectivity index (χ1v) is 14.0. The topological polar surface area (TPSA) is 84.8 Å². The van der Waals surface area contributed by atoms with Gasteiger partial charge in [0.2, 0.25) is 5.88 Å². The summed E-state index contributed by atoms with van der Waals surface area (Å²) in [6, 6.07) is 9.04. The first-order chi connectivity index (χ1) is 20.4. The molecule has 5 heterocycles. The maximum atomic E-state index is 14.8. The largest absolute Gasteiger partial charge is 0.490 e. The van der Waals surface area contributed by atoms with E-state index in [2.05, 4.69) is 37.2 Å². The number of ether oxygens (including phenoxy) is 2. The number of benzene rings is 1. The summed E-state index contributed by atoms with van der Waals surface area (Å²) in [7, 11) is 9.43. The first-order valence-electron chi connectivity index (χ1n) is 14.0. The molecule has 0 bridgehead atoms. The SMILES string of the molecule is [B]c1c(F)cc2c(=O)c(CN(Cc3ccnc(OC)c3)C3=CCCN(c4ccc(NC)nc4)C3)cn3c2c1OCC3C. The third-order valence-corrected chi connectivity index (χ3v) is 7.93. The maximum Gasteiger partial charge on any atom is 0.213 e. The number of nitrogens with one attached hydrogen (secondary N) is 1. The van der Waals surface area contributed by atoms with Crippen LogP contribution in [0, 0.1) is 5.82 Å². The highest BCUT2D eigenvalue weighted by atomic mass is 19.1. The van der Waals surface area contributed by atoms with Crippen LogP contribution in [0.1, 0.15) is 30.5 Å². The number of hydrogen-bond acceptors (Lipinski definition) is 8. The highest BCUT2D eigenvalue weighted by Gasteiger charge is 2.26. The molecule has 9 nitrogen and oxygen atoms in total. The van der Waals surface area contributed by atoms with Crippen LogP contribution >= 0.6 is 0 Å². The van der Waals surface area contributed by atoms with Crippen molar-refractivity contribution in [1.82, 2.24) is 19.4 Å². The standard InChI is InChI=1S/C31H32BFN6O3/c1-19-18-42-31-28(32)25(33)12-24-29(31)39(19)16-21(30(24)40)15-38(14-20-8-9-35-27(11-20)41-3)23-5-4-10-37(17-23)22-6-7-26(34-2)36-13-22/h5-9,11-13,16,19H,4,10,14-15,17-18H2,1-3H3,(H,34,36). The lowest BCUT2D eigenvalue weighted by molar-refractivity contribution is 0.247. The summed E-state index contributed by atoms with van der Waals surface area (Å²) in [6.45, 7) is 4.68. The zero-order valence-electron chi connectivity index (χ0n) is 23.9. The van der Waals surface area contributed by atoms with Gasteiger partial charge in [0.25, 0.3) is 0 Å². The molecule has 1 N–H and O–H groups in total. The van der Waals surface area contributed by atoms with Gasteiger partial charge in [-0.15, -0.1) is 0 Å². The van der Waals surface area contributed by atoms with E-state index in [-0.39, 0.29) is 28.1 Å². The second-order valence-corrected chi connectivity index (χ2v) is 10.7. The van der Waals surface area contributed by atoms with Gasteiger partial charge in [0.05, 0.1) is 42.5 Å². The van der Waals surface area contributed by atoms with Crippen LogP contribution in [-0.2, 0) is 13.1 Å². The Morgan fingerprint density at radius 3 is 2.86 bits per heavy atom. The van der Waals surface area contributed by atoms with Gasteiger partial charge in [0.15, 0.2) is 5.43 Å². The molecule has 2 aliphatic heterocycles. The summed E-state index contributed by atoms with van der Waals surface area (Å²) in [5.41, 5.74) is 3.87. The molecular weight excluding hydrogens is 534 g/mol. The first kappa shape index (κ1) is 27.6. The number of aromatic nitrogens is 3. The number of rotatable bonds is 8. The van der Waals surface area contributed by atoms with Crippen molar-refractivity contribution >= 4 is 35.7 Å². The average Bonchev–Trinajstić information content (AvgIpc) is 3.02. The fourth-order valence-corrected chi connectivity index (χ4v) is 5.66. The van der Waals surface area contributed by atoms with Crippen molar-refractivity contribution in [2.75, 3.05) is 44.1 Å². The molecule has 0 amide bonds. The van der Waals surface area contributed by atoms with Gasteiger partial charge >= 0.3 is 0 Å². The van der Waals surface area contributed by atoms with Crippen LogP contribution in [0.25, 0.3) is 10.9 Å². The third kappa shape index (κ3) is 5.15. The summed E-state index contributed by atoms with van der Waals surface area (Å²) < 4.78 is 28.0. The molecule has 0 saturated carbocycles. The van der Waals surface area contributed by atoms with E-state index in [0.717, 1.165) is 35.7 Å². The summed E-state index contributed by atoms with van der Waals surface area (Å²) in [5, 5.41) is 3.32. The zero-order chi connectivity index (χ0) is 29.4. The fourth-order valence-electron chi connectivity index (χ4n) is 5.66. The van der Waals surface area contributed by atoms with Crippen LogP contribution in [0.3, 0.4) is 0 Å². The highest BCUT2D eigenvalue weighted by molar-refractivity contribution is 6.36. The van der Waals surface area contributed by atoms with Gasteiger partial charge in [0, 0.05) is 56.4 Å². The van der Waals surface area contributed by atoms with E-state index in [1.807, 2.05) is 49.1 Å². The van der Waals surface area contributed by atoms with Gasteiger partial charge < -0.3 is 29.2 Å². The van der Waals surface area contributed by atoms with Crippen LogP contribution < -0.4 is 30.6 Å². The van der Waals surface area contributed by atoms with Crippen molar-refractivity contribution in [3.63, 3.8) is 0 Å². The van der Waals surface area contributed by atoms with Gasteiger partial charge in [-0.25, -0.2) is 14.4 Å². The van der Waals surface area contributed by atoms with E-state index in [9.17, 15) is 9.18 Å². The molecule has 0 saturated heterocycles. The molecule has 2 radical (unpaired) electrons. The zero-order valence-corrected chi connectivity index (χ0v) is 23.9. The second kappa shape index (κ2) is 11.4. The van der Waals surface area contributed by atoms with Crippen LogP contribution in [-0.4, -0.2) is 61.1 Å². The minimum absolute atomic E-state index is 0.0559. The lowest BCUT2D eigenvalue weighted by atomic mass is 9.91. The highest BCUT2D eigenvalue weighted by Crippen LogP contribution is 2.32. The molecule has 4 aromatic rings. The molecule has 1 atom stereocenters. The average molecular weight is 566 g/mol. The minimum atomic E-state index is -0.655. The molecule has 42 heavy (non-hydrogen) atoms. The molecule has 1 unspecified atom stereocenters. The molecule has 0 fully saturated rings. The molecule has 214 valence electrons. The van der Waals surface area contributed by atoms with Crippen LogP contribution in [0.4, 0.5) is 15.9 Å². The molecule has 6 rings (SSSR count). The minimum Gasteiger partial charge on any atom is -0.490 e. The Balaban J connectivity index is 1.40. The van der Waals surface area contributed by atoms with Crippen molar-refractivity contribution in [3.8, 4) is 11.6 Å². The predicted octanol–water partition coefficient (Wildman–Crippen LogP) is 3.52.